The first-order valence-corrected chi connectivity index (χ1v) is 8.88. The highest BCUT2D eigenvalue weighted by Crippen LogP contribution is 2.46. The second kappa shape index (κ2) is 5.89. The second-order valence-corrected chi connectivity index (χ2v) is 7.96. The predicted molar refractivity (Wildman–Crippen MR) is 92.6 cm³/mol. The minimum Gasteiger partial charge on any atom is -0.386 e. The van der Waals surface area contributed by atoms with E-state index in [1.165, 1.54) is 0 Å². The molecule has 0 amide bonds. The highest BCUT2D eigenvalue weighted by molar-refractivity contribution is 5.55. The first-order valence-electron chi connectivity index (χ1n) is 8.88. The van der Waals surface area contributed by atoms with Gasteiger partial charge >= 0.3 is 0 Å². The minimum atomic E-state index is -0.748. The van der Waals surface area contributed by atoms with Crippen LogP contribution in [0, 0.1) is 5.92 Å². The van der Waals surface area contributed by atoms with Gasteiger partial charge in [0.2, 0.25) is 0 Å². The molecule has 1 saturated carbocycles. The normalized spacial score (nSPS) is 40.5. The Labute approximate surface area is 148 Å². The maximum absolute atomic E-state index is 11.0. The molecule has 136 valence electrons. The van der Waals surface area contributed by atoms with Crippen LogP contribution in [0.25, 0.3) is 6.08 Å². The minimum absolute atomic E-state index is 0.0676. The molecule has 0 spiro atoms. The molecule has 25 heavy (non-hydrogen) atoms. The van der Waals surface area contributed by atoms with Gasteiger partial charge in [-0.3, -0.25) is 0 Å². The molecule has 2 heterocycles. The van der Waals surface area contributed by atoms with Gasteiger partial charge in [0.1, 0.15) is 18.3 Å². The smallest absolute Gasteiger partial charge is 0.164 e. The number of ether oxygens (including phenoxy) is 4. The lowest BCUT2D eigenvalue weighted by molar-refractivity contribution is -0.313. The third-order valence-corrected chi connectivity index (χ3v) is 5.13. The molecule has 5 heteroatoms. The average molecular weight is 346 g/mol. The average Bonchev–Trinajstić information content (AvgIpc) is 2.88. The summed E-state index contributed by atoms with van der Waals surface area (Å²) in [5.74, 6) is -1.49. The summed E-state index contributed by atoms with van der Waals surface area (Å²) in [4.78, 5) is 0. The Kier molecular flexibility index (Phi) is 4.05. The van der Waals surface area contributed by atoms with Crippen molar-refractivity contribution < 1.29 is 24.1 Å². The number of aliphatic hydroxyl groups excluding tert-OH is 1. The van der Waals surface area contributed by atoms with Crippen molar-refractivity contribution in [3.63, 3.8) is 0 Å². The van der Waals surface area contributed by atoms with Crippen LogP contribution in [0.15, 0.2) is 35.9 Å². The molecule has 3 aliphatic rings. The van der Waals surface area contributed by atoms with Crippen LogP contribution in [-0.4, -0.2) is 47.7 Å². The van der Waals surface area contributed by atoms with Gasteiger partial charge in [-0.15, -0.1) is 0 Å². The highest BCUT2D eigenvalue weighted by atomic mass is 16.8. The van der Waals surface area contributed by atoms with E-state index in [0.717, 1.165) is 11.1 Å². The third-order valence-electron chi connectivity index (χ3n) is 5.13. The number of aliphatic hydroxyl groups is 1. The Bertz CT molecular complexity index is 666. The summed E-state index contributed by atoms with van der Waals surface area (Å²) in [6, 6.07) is 9.98. The Hall–Kier alpha value is -1.24. The van der Waals surface area contributed by atoms with Crippen molar-refractivity contribution in [1.29, 1.82) is 0 Å². The van der Waals surface area contributed by atoms with E-state index in [9.17, 15) is 5.11 Å². The van der Waals surface area contributed by atoms with Crippen molar-refractivity contribution in [1.82, 2.24) is 0 Å². The van der Waals surface area contributed by atoms with Gasteiger partial charge in [-0.2, -0.15) is 0 Å². The molecule has 1 aromatic rings. The van der Waals surface area contributed by atoms with Crippen LogP contribution in [0.3, 0.4) is 0 Å². The molecule has 3 fully saturated rings. The summed E-state index contributed by atoms with van der Waals surface area (Å²) < 4.78 is 24.2. The quantitative estimate of drug-likeness (QED) is 0.847. The second-order valence-electron chi connectivity index (χ2n) is 7.96. The first kappa shape index (κ1) is 17.2. The largest absolute Gasteiger partial charge is 0.386 e. The van der Waals surface area contributed by atoms with Gasteiger partial charge in [0.15, 0.2) is 11.6 Å². The van der Waals surface area contributed by atoms with Crippen LogP contribution in [0.2, 0.25) is 0 Å². The molecule has 5 nitrogen and oxygen atoms in total. The molecule has 1 N–H and O–H groups in total. The fraction of sp³-hybridized carbons (Fsp3) is 0.600. The first-order chi connectivity index (χ1) is 11.8. The number of hydrogen-bond donors (Lipinski definition) is 1. The van der Waals surface area contributed by atoms with Crippen molar-refractivity contribution in [3.8, 4) is 0 Å². The summed E-state index contributed by atoms with van der Waals surface area (Å²) in [5, 5.41) is 11.0. The molecule has 0 unspecified atom stereocenters. The van der Waals surface area contributed by atoms with Crippen LogP contribution in [0.5, 0.6) is 0 Å². The number of fused-ring (bicyclic) bond motifs is 3. The number of benzene rings is 1. The Balaban J connectivity index is 1.74. The molecule has 2 aliphatic heterocycles. The van der Waals surface area contributed by atoms with Gasteiger partial charge in [0.25, 0.3) is 0 Å². The fourth-order valence-corrected chi connectivity index (χ4v) is 4.07. The van der Waals surface area contributed by atoms with Crippen molar-refractivity contribution >= 4 is 6.08 Å². The van der Waals surface area contributed by atoms with Gasteiger partial charge in [-0.25, -0.2) is 0 Å². The van der Waals surface area contributed by atoms with Gasteiger partial charge < -0.3 is 24.1 Å². The zero-order valence-corrected chi connectivity index (χ0v) is 15.1. The summed E-state index contributed by atoms with van der Waals surface area (Å²) in [6.45, 7) is 8.05. The fourth-order valence-electron chi connectivity index (χ4n) is 4.07. The maximum Gasteiger partial charge on any atom is 0.164 e. The summed E-state index contributed by atoms with van der Waals surface area (Å²) in [6.07, 6.45) is 0.305. The lowest BCUT2D eigenvalue weighted by Gasteiger charge is -2.49. The molecule has 2 saturated heterocycles. The molecule has 0 bridgehead atoms. The molecule has 5 atom stereocenters. The van der Waals surface area contributed by atoms with Crippen LogP contribution in [0.4, 0.5) is 0 Å². The van der Waals surface area contributed by atoms with Crippen molar-refractivity contribution in [2.24, 2.45) is 5.92 Å². The van der Waals surface area contributed by atoms with E-state index in [4.69, 9.17) is 18.9 Å². The van der Waals surface area contributed by atoms with Crippen molar-refractivity contribution in [2.75, 3.05) is 6.61 Å². The van der Waals surface area contributed by atoms with Crippen molar-refractivity contribution in [2.45, 2.75) is 63.7 Å². The number of rotatable bonds is 1. The summed E-state index contributed by atoms with van der Waals surface area (Å²) in [7, 11) is 0. The van der Waals surface area contributed by atoms with Crippen LogP contribution in [0.1, 0.15) is 33.3 Å². The molecular formula is C20H26O5. The Morgan fingerprint density at radius 1 is 0.920 bits per heavy atom. The van der Waals surface area contributed by atoms with E-state index >= 15 is 0 Å². The van der Waals surface area contributed by atoms with Gasteiger partial charge in [0, 0.05) is 5.92 Å². The lowest BCUT2D eigenvalue weighted by Crippen LogP contribution is -2.60. The molecule has 4 rings (SSSR count). The summed E-state index contributed by atoms with van der Waals surface area (Å²) >= 11 is 0. The maximum atomic E-state index is 11.0. The number of hydrogen-bond acceptors (Lipinski definition) is 5. The SMILES string of the molecule is CC1(C)O[C@@H]2[C@H](O1)[C@H](O)/C(=C\c1ccccc1)[C@H]1COC(C)(C)O[C@@H]21. The zero-order valence-electron chi connectivity index (χ0n) is 15.1. The van der Waals surface area contributed by atoms with E-state index in [0.29, 0.717) is 6.61 Å². The third kappa shape index (κ3) is 3.15. The molecule has 1 aromatic carbocycles. The van der Waals surface area contributed by atoms with E-state index in [-0.39, 0.29) is 18.1 Å². The monoisotopic (exact) mass is 346 g/mol. The van der Waals surface area contributed by atoms with Gasteiger partial charge in [0.05, 0.1) is 12.7 Å². The highest BCUT2D eigenvalue weighted by Gasteiger charge is 2.58. The van der Waals surface area contributed by atoms with Gasteiger partial charge in [-0.1, -0.05) is 36.4 Å². The molecule has 0 aromatic heterocycles. The van der Waals surface area contributed by atoms with Crippen molar-refractivity contribution in [3.05, 3.63) is 41.5 Å². The van der Waals surface area contributed by atoms with E-state index in [1.54, 1.807) is 0 Å². The van der Waals surface area contributed by atoms with Gasteiger partial charge in [-0.05, 0) is 38.8 Å². The molecule has 0 radical (unpaired) electrons. The topological polar surface area (TPSA) is 57.2 Å². The Morgan fingerprint density at radius 2 is 1.56 bits per heavy atom. The summed E-state index contributed by atoms with van der Waals surface area (Å²) in [5.41, 5.74) is 1.92. The Morgan fingerprint density at radius 3 is 2.28 bits per heavy atom. The van der Waals surface area contributed by atoms with E-state index in [2.05, 4.69) is 0 Å². The van der Waals surface area contributed by atoms with E-state index < -0.39 is 23.8 Å². The van der Waals surface area contributed by atoms with Crippen LogP contribution in [-0.2, 0) is 18.9 Å². The van der Waals surface area contributed by atoms with Crippen LogP contribution >= 0.6 is 0 Å². The zero-order chi connectivity index (χ0) is 17.8. The standard InChI is InChI=1S/C20H26O5/c1-19(2)22-11-14-13(10-12-8-6-5-7-9-12)15(21)17-18(16(14)23-19)25-20(3,4)24-17/h5-10,14-18,21H,11H2,1-4H3/b13-10-/t14-,15-,16-,17-,18+/m1/s1. The predicted octanol–water partition coefficient (Wildman–Crippen LogP) is 2.73. The van der Waals surface area contributed by atoms with Crippen LogP contribution < -0.4 is 0 Å². The lowest BCUT2D eigenvalue weighted by atomic mass is 9.75. The van der Waals surface area contributed by atoms with E-state index in [1.807, 2.05) is 64.1 Å². The molecule has 1 aliphatic carbocycles. The molecular weight excluding hydrogens is 320 g/mol.